The van der Waals surface area contributed by atoms with Gasteiger partial charge in [-0.2, -0.15) is 8.42 Å². The van der Waals surface area contributed by atoms with Crippen LogP contribution < -0.4 is 106 Å². The molecule has 5 N–H and O–H groups in total. The summed E-state index contributed by atoms with van der Waals surface area (Å²) in [6, 6.07) is 15.5. The molecule has 6 heterocycles. The zero-order valence-corrected chi connectivity index (χ0v) is 77.4. The van der Waals surface area contributed by atoms with Gasteiger partial charge in [-0.25, -0.2) is 33.8 Å². The van der Waals surface area contributed by atoms with Crippen molar-refractivity contribution in [2.24, 2.45) is 11.8 Å². The third-order valence-electron chi connectivity index (χ3n) is 21.9. The summed E-state index contributed by atoms with van der Waals surface area (Å²) in [5, 5.41) is 21.0. The van der Waals surface area contributed by atoms with Crippen LogP contribution in [0.2, 0.25) is 0 Å². The predicted octanol–water partition coefficient (Wildman–Crippen LogP) is 5.69. The van der Waals surface area contributed by atoms with E-state index in [1.807, 2.05) is 68.5 Å². The third-order valence-corrected chi connectivity index (χ3v) is 23.8. The molecule has 36 heteroatoms. The van der Waals surface area contributed by atoms with Crippen LogP contribution in [0.3, 0.4) is 0 Å². The number of esters is 4. The van der Waals surface area contributed by atoms with Crippen molar-refractivity contribution in [1.29, 1.82) is 0 Å². The van der Waals surface area contributed by atoms with Crippen molar-refractivity contribution in [1.82, 2.24) is 41.0 Å². The molecule has 5 aromatic rings. The number of ether oxygens (including phenoxy) is 7. The van der Waals surface area contributed by atoms with E-state index in [1.165, 1.54) is 62.5 Å². The summed E-state index contributed by atoms with van der Waals surface area (Å²) in [5.74, 6) is -4.57. The molecule has 2 saturated heterocycles. The van der Waals surface area contributed by atoms with Crippen molar-refractivity contribution in [2.45, 2.75) is 220 Å². The van der Waals surface area contributed by atoms with Gasteiger partial charge in [0, 0.05) is 58.6 Å². The van der Waals surface area contributed by atoms with E-state index in [1.54, 1.807) is 18.2 Å². The van der Waals surface area contributed by atoms with Crippen molar-refractivity contribution in [3.63, 3.8) is 0 Å². The number of pyridine rings is 2. The Labute approximate surface area is 761 Å². The van der Waals surface area contributed by atoms with Gasteiger partial charge in [0.15, 0.2) is 11.1 Å². The molecule has 4 saturated carbocycles. The monoisotopic (exact) mass is 1940 g/mol. The molecular weight excluding hydrogens is 1840 g/mol. The van der Waals surface area contributed by atoms with E-state index in [4.69, 9.17) is 42.7 Å². The summed E-state index contributed by atoms with van der Waals surface area (Å²) in [5.41, 5.74) is 0.526. The molecule has 117 heavy (non-hydrogen) atoms. The van der Waals surface area contributed by atoms with Gasteiger partial charge in [-0.15, -0.1) is 24.0 Å². The molecule has 4 aliphatic carbocycles. The number of fused-ring (bicyclic) bond motifs is 6. The average molecular weight is 1940 g/mol. The topological polar surface area (TPSA) is 428 Å². The molecule has 3 aromatic carbocycles. The van der Waals surface area contributed by atoms with Crippen molar-refractivity contribution >= 4 is 138 Å². The molecule has 2 unspecified atom stereocenters. The molecule has 628 valence electrons. The van der Waals surface area contributed by atoms with E-state index in [0.717, 1.165) is 101 Å². The Morgan fingerprint density at radius 1 is 0.598 bits per heavy atom. The van der Waals surface area contributed by atoms with Gasteiger partial charge in [0.25, 0.3) is 16.6 Å². The minimum Gasteiger partial charge on any atom is -0.662 e. The SMILES string of the molecule is COC(=O)[C@@]12CC1/C=C\CCCCC[C@H](NC(=O)OC1CCCC1)C(=O)N1C[C@@H](OS(=O)(=O)c3ccc(Br)cc3)C[C@H]1C(=O)N2.COC(=O)c1cc(=O)c2cccc(C)c2[nH]1.COC(=O)c1cc(O[C@@H]2C[C@H]3C(=O)N[C@]4(C(=O)OC)CC4/C=C\CCCCC[C@H](NC(=O)OC4CCCC4)C(=O)N3C2)c2cccc(C)c2n1.I.O=CO[O-].[Cs+]. The number of nitrogens with zero attached hydrogens (tertiary/aromatic N) is 3. The minimum absolute atomic E-state index is 0. The summed E-state index contributed by atoms with van der Waals surface area (Å²) in [4.78, 5) is 165. The second-order valence-corrected chi connectivity index (χ2v) is 32.2. The smallest absolute Gasteiger partial charge is 0.662 e. The summed E-state index contributed by atoms with van der Waals surface area (Å²) in [6.45, 7) is 3.37. The van der Waals surface area contributed by atoms with E-state index in [2.05, 4.69) is 56.8 Å². The fraction of sp³-hybridized carbons (Fsp3) is 0.519. The van der Waals surface area contributed by atoms with Crippen LogP contribution in [-0.2, 0) is 81.2 Å². The molecule has 0 bridgehead atoms. The molecule has 2 aromatic heterocycles. The number of carbonyl (C=O) groups excluding carboxylic acids is 11. The summed E-state index contributed by atoms with van der Waals surface area (Å²) >= 11 is 3.28. The fourth-order valence-corrected chi connectivity index (χ4v) is 16.9. The van der Waals surface area contributed by atoms with Gasteiger partial charge < -0.3 is 79.4 Å². The van der Waals surface area contributed by atoms with E-state index < -0.39 is 117 Å². The Balaban J connectivity index is 0.000000234. The number of aromatic nitrogens is 2. The van der Waals surface area contributed by atoms with Gasteiger partial charge in [0.1, 0.15) is 65.0 Å². The van der Waals surface area contributed by atoms with Crippen LogP contribution in [0.25, 0.3) is 21.8 Å². The standard InChI is InChI=1S/C37H46N4O9.C31H40BrN3O9S.C12H11NO3.CH2O3.Cs.HI/c1-22-12-11-16-26-30(19-28(34(44)47-2)38-31(22)26)49-25-18-29-32(42)40-37(35(45)48-3)20-23(37)13-7-5-4-6-8-17-27(33(43)41(29)21-25)39-36(46)50-24-14-9-10-15-24;1-42-29(38)31-18-20(31)9-5-3-2-4-6-12-25(33-30(39)43-22-10-7-8-11-22)28(37)35-19-23(17-26(35)27(36)34-31)44-45(40,41)24-15-13-21(32)14-16-24;1-7-4-3-5-8-10(14)6-9(12(15)16-2)13-11(7)8;2-1-4-3;;/h7,11-13,16,19,23-25,27,29H,4-6,8-10,14-15,17-18,20-21H2,1-3H3,(H,39,46)(H,40,42);5,9,13-16,20,22-23,25-26H,2-4,6-8,10-12,17-19H2,1H3,(H,33,39)(H,34,36);3-6H,1-2H3,(H,13,14);1,3H;;1H/q;;;;+1;/p-1/b13-7-;9-5-;;;;/t23?,25-,27+,29+,37-;20?,23-,25-,26-,31+;;;;/m10..../s1. The first-order chi connectivity index (χ1) is 55.2. The van der Waals surface area contributed by atoms with Gasteiger partial charge in [-0.05, 0) is 164 Å². The maximum atomic E-state index is 14.4. The number of nitrogens with one attached hydrogen (secondary N) is 5. The van der Waals surface area contributed by atoms with Gasteiger partial charge in [0.2, 0.25) is 23.6 Å². The van der Waals surface area contributed by atoms with E-state index in [0.29, 0.717) is 70.6 Å². The zero-order chi connectivity index (χ0) is 82.7. The second-order valence-electron chi connectivity index (χ2n) is 29.7. The molecule has 0 spiro atoms. The number of hydrogen-bond donors (Lipinski definition) is 5. The van der Waals surface area contributed by atoms with Crippen molar-refractivity contribution in [3.8, 4) is 5.75 Å². The zero-order valence-electron chi connectivity index (χ0n) is 66.4. The number of benzene rings is 3. The van der Waals surface area contributed by atoms with Crippen LogP contribution in [0.15, 0.2) is 111 Å². The van der Waals surface area contributed by atoms with Crippen LogP contribution in [-0.4, -0.2) is 196 Å². The molecule has 8 aliphatic rings. The first kappa shape index (κ1) is 94.9. The van der Waals surface area contributed by atoms with Crippen LogP contribution in [0.4, 0.5) is 9.59 Å². The largest absolute Gasteiger partial charge is 1.00 e. The normalized spacial score (nSPS) is 25.2. The summed E-state index contributed by atoms with van der Waals surface area (Å²) in [6.07, 6.45) is 19.0. The molecule has 13 rings (SSSR count). The second kappa shape index (κ2) is 44.1. The van der Waals surface area contributed by atoms with Crippen molar-refractivity contribution in [2.75, 3.05) is 41.5 Å². The van der Waals surface area contributed by atoms with Crippen LogP contribution in [0, 0.1) is 25.7 Å². The number of aromatic amines is 1. The first-order valence-corrected chi connectivity index (χ1v) is 40.9. The fourth-order valence-electron chi connectivity index (χ4n) is 15.6. The Morgan fingerprint density at radius 3 is 1.56 bits per heavy atom. The number of allylic oxidation sites excluding steroid dienone is 2. The van der Waals surface area contributed by atoms with E-state index >= 15 is 0 Å². The van der Waals surface area contributed by atoms with Crippen LogP contribution in [0.1, 0.15) is 173 Å². The molecule has 6 fully saturated rings. The molecular formula is C81H99BrCsIN8O24S. The molecule has 6 amide bonds. The van der Waals surface area contributed by atoms with E-state index in [-0.39, 0.29) is 171 Å². The minimum atomic E-state index is -4.24. The number of aryl methyl sites for hydroxylation is 2. The Bertz CT molecular complexity index is 4660. The maximum absolute atomic E-state index is 14.4. The molecule has 0 radical (unpaired) electrons. The number of amides is 6. The van der Waals surface area contributed by atoms with Crippen LogP contribution in [0.5, 0.6) is 5.75 Å². The number of alkyl carbamates (subject to hydrolysis) is 2. The number of rotatable bonds is 14. The van der Waals surface area contributed by atoms with Gasteiger partial charge in [-0.3, -0.25) is 33.0 Å². The van der Waals surface area contributed by atoms with Crippen molar-refractivity contribution in [3.05, 3.63) is 134 Å². The Hall–Kier alpha value is -7.54. The number of para-hydroxylation sites is 2. The van der Waals surface area contributed by atoms with Crippen LogP contribution >= 0.6 is 39.9 Å². The summed E-state index contributed by atoms with van der Waals surface area (Å²) < 4.78 is 69.9. The average Bonchev–Trinajstić information content (AvgIpc) is 1.58. The molecule has 10 atom stereocenters. The summed E-state index contributed by atoms with van der Waals surface area (Å²) in [7, 11) is 0.855. The number of hydrogen-bond acceptors (Lipinski definition) is 25. The Kier molecular flexibility index (Phi) is 35.8. The molecule has 4 aliphatic heterocycles. The third kappa shape index (κ3) is 24.4. The van der Waals surface area contributed by atoms with Gasteiger partial charge >= 0.3 is 105 Å². The number of carbonyl (C=O) groups is 11. The van der Waals surface area contributed by atoms with Gasteiger partial charge in [-0.1, -0.05) is 90.2 Å². The van der Waals surface area contributed by atoms with Gasteiger partial charge in [0.05, 0.1) is 57.0 Å². The number of methoxy groups -OCH3 is 4. The quantitative estimate of drug-likeness (QED) is 0.0130. The Morgan fingerprint density at radius 2 is 1.07 bits per heavy atom. The predicted molar refractivity (Wildman–Crippen MR) is 430 cm³/mol. The number of halogens is 2. The number of H-pyrrole nitrogens is 1. The van der Waals surface area contributed by atoms with E-state index in [9.17, 15) is 61.2 Å². The van der Waals surface area contributed by atoms with Crippen molar-refractivity contribution < 1.29 is 178 Å². The molecule has 32 nitrogen and oxygen atoms in total. The maximum Gasteiger partial charge on any atom is 1.00 e. The first-order valence-electron chi connectivity index (χ1n) is 38.7.